The van der Waals surface area contributed by atoms with Crippen LogP contribution in [-0.2, 0) is 17.8 Å². The van der Waals surface area contributed by atoms with Gasteiger partial charge in [0.05, 0.1) is 6.54 Å². The molecule has 1 N–H and O–H groups in total. The largest absolute Gasteiger partial charge is 0.339 e. The van der Waals surface area contributed by atoms with Crippen molar-refractivity contribution in [2.75, 3.05) is 31.5 Å². The summed E-state index contributed by atoms with van der Waals surface area (Å²) in [7, 11) is 0. The number of carbonyl (C=O) groups is 2. The molecule has 2 aromatic rings. The lowest BCUT2D eigenvalue weighted by Crippen LogP contribution is -2.37. The topological polar surface area (TPSA) is 52.7 Å². The monoisotopic (exact) mass is 365 g/mol. The third-order valence-electron chi connectivity index (χ3n) is 5.04. The first-order valence-corrected chi connectivity index (χ1v) is 9.59. The lowest BCUT2D eigenvalue weighted by Gasteiger charge is -2.28. The molecule has 0 aromatic heterocycles. The summed E-state index contributed by atoms with van der Waals surface area (Å²) < 4.78 is 0. The number of fused-ring (bicyclic) bond motifs is 1. The number of hydrogen-bond donors (Lipinski definition) is 1. The summed E-state index contributed by atoms with van der Waals surface area (Å²) in [6.45, 7) is 7.38. The van der Waals surface area contributed by atoms with Crippen LogP contribution in [0.1, 0.15) is 35.3 Å². The van der Waals surface area contributed by atoms with E-state index in [1.807, 2.05) is 19.9 Å². The third-order valence-corrected chi connectivity index (χ3v) is 5.04. The van der Waals surface area contributed by atoms with Crippen molar-refractivity contribution in [1.82, 2.24) is 9.80 Å². The second kappa shape index (κ2) is 8.82. The molecule has 142 valence electrons. The molecule has 1 aliphatic heterocycles. The average Bonchev–Trinajstić information content (AvgIpc) is 2.69. The van der Waals surface area contributed by atoms with Crippen molar-refractivity contribution >= 4 is 17.5 Å². The highest BCUT2D eigenvalue weighted by molar-refractivity contribution is 5.96. The van der Waals surface area contributed by atoms with Gasteiger partial charge in [-0.15, -0.1) is 0 Å². The van der Waals surface area contributed by atoms with E-state index in [2.05, 4.69) is 28.4 Å². The second-order valence-electron chi connectivity index (χ2n) is 6.83. The van der Waals surface area contributed by atoms with Crippen LogP contribution >= 0.6 is 0 Å². The van der Waals surface area contributed by atoms with Gasteiger partial charge in [0.25, 0.3) is 5.91 Å². The van der Waals surface area contributed by atoms with Crippen LogP contribution in [0.3, 0.4) is 0 Å². The lowest BCUT2D eigenvalue weighted by molar-refractivity contribution is -0.117. The highest BCUT2D eigenvalue weighted by Gasteiger charge is 2.18. The minimum atomic E-state index is -0.0304. The van der Waals surface area contributed by atoms with Crippen LogP contribution in [0.4, 0.5) is 5.69 Å². The van der Waals surface area contributed by atoms with Crippen molar-refractivity contribution in [3.63, 3.8) is 0 Å². The quantitative estimate of drug-likeness (QED) is 0.855. The number of anilines is 1. The first-order valence-electron chi connectivity index (χ1n) is 9.59. The molecule has 5 heteroatoms. The molecule has 0 saturated carbocycles. The summed E-state index contributed by atoms with van der Waals surface area (Å²) >= 11 is 0. The van der Waals surface area contributed by atoms with Gasteiger partial charge in [-0.25, -0.2) is 0 Å². The van der Waals surface area contributed by atoms with Crippen LogP contribution in [0.15, 0.2) is 48.5 Å². The van der Waals surface area contributed by atoms with Gasteiger partial charge in [-0.05, 0) is 55.7 Å². The van der Waals surface area contributed by atoms with E-state index in [1.165, 1.54) is 11.1 Å². The number of rotatable bonds is 6. The van der Waals surface area contributed by atoms with Gasteiger partial charge in [-0.2, -0.15) is 0 Å². The molecule has 0 aliphatic carbocycles. The lowest BCUT2D eigenvalue weighted by atomic mass is 10.00. The minimum absolute atomic E-state index is 0.0184. The highest BCUT2D eigenvalue weighted by Crippen LogP contribution is 2.18. The number of benzene rings is 2. The van der Waals surface area contributed by atoms with Gasteiger partial charge in [-0.3, -0.25) is 14.5 Å². The van der Waals surface area contributed by atoms with Crippen molar-refractivity contribution in [2.45, 2.75) is 26.8 Å². The van der Waals surface area contributed by atoms with E-state index in [-0.39, 0.29) is 11.8 Å². The van der Waals surface area contributed by atoms with E-state index >= 15 is 0 Å². The Balaban J connectivity index is 1.55. The molecule has 0 spiro atoms. The van der Waals surface area contributed by atoms with Crippen LogP contribution in [-0.4, -0.2) is 47.8 Å². The Morgan fingerprint density at radius 3 is 2.33 bits per heavy atom. The smallest absolute Gasteiger partial charge is 0.253 e. The molecule has 5 nitrogen and oxygen atoms in total. The summed E-state index contributed by atoms with van der Waals surface area (Å²) in [4.78, 5) is 28.7. The molecule has 0 fully saturated rings. The SMILES string of the molecule is CCN(CC)C(=O)c1ccc(NC(=O)CN2CCc3ccccc3C2)cc1. The van der Waals surface area contributed by atoms with E-state index < -0.39 is 0 Å². The highest BCUT2D eigenvalue weighted by atomic mass is 16.2. The normalized spacial score (nSPS) is 13.7. The van der Waals surface area contributed by atoms with Gasteiger partial charge >= 0.3 is 0 Å². The molecule has 27 heavy (non-hydrogen) atoms. The number of hydrogen-bond acceptors (Lipinski definition) is 3. The molecule has 0 bridgehead atoms. The van der Waals surface area contributed by atoms with Crippen LogP contribution in [0.2, 0.25) is 0 Å². The zero-order valence-corrected chi connectivity index (χ0v) is 16.1. The number of carbonyl (C=O) groups excluding carboxylic acids is 2. The maximum atomic E-state index is 12.4. The van der Waals surface area contributed by atoms with Crippen molar-refractivity contribution in [3.05, 3.63) is 65.2 Å². The zero-order valence-electron chi connectivity index (χ0n) is 16.1. The summed E-state index contributed by atoms with van der Waals surface area (Å²) in [6, 6.07) is 15.5. The van der Waals surface area contributed by atoms with Crippen molar-refractivity contribution in [2.24, 2.45) is 0 Å². The van der Waals surface area contributed by atoms with Gasteiger partial charge in [-0.1, -0.05) is 24.3 Å². The van der Waals surface area contributed by atoms with E-state index in [4.69, 9.17) is 0 Å². The molecular formula is C22H27N3O2. The van der Waals surface area contributed by atoms with E-state index in [0.29, 0.717) is 30.9 Å². The first-order chi connectivity index (χ1) is 13.1. The molecular weight excluding hydrogens is 338 g/mol. The van der Waals surface area contributed by atoms with Crippen LogP contribution < -0.4 is 5.32 Å². The van der Waals surface area contributed by atoms with Gasteiger partial charge < -0.3 is 10.2 Å². The zero-order chi connectivity index (χ0) is 19.2. The van der Waals surface area contributed by atoms with Gasteiger partial charge in [0, 0.05) is 37.4 Å². The fraction of sp³-hybridized carbons (Fsp3) is 0.364. The van der Waals surface area contributed by atoms with E-state index in [0.717, 1.165) is 19.5 Å². The van der Waals surface area contributed by atoms with Gasteiger partial charge in [0.2, 0.25) is 5.91 Å². The Hall–Kier alpha value is -2.66. The Morgan fingerprint density at radius 2 is 1.67 bits per heavy atom. The van der Waals surface area contributed by atoms with Crippen molar-refractivity contribution in [1.29, 1.82) is 0 Å². The van der Waals surface area contributed by atoms with Crippen molar-refractivity contribution < 1.29 is 9.59 Å². The number of nitrogens with one attached hydrogen (secondary N) is 1. The predicted molar refractivity (Wildman–Crippen MR) is 108 cm³/mol. The number of nitrogens with zero attached hydrogens (tertiary/aromatic N) is 2. The molecule has 0 radical (unpaired) electrons. The average molecular weight is 365 g/mol. The Morgan fingerprint density at radius 1 is 1.00 bits per heavy atom. The number of amides is 2. The summed E-state index contributed by atoms with van der Waals surface area (Å²) in [5.74, 6) is -0.0120. The molecule has 2 amide bonds. The first kappa shape index (κ1) is 19.1. The molecule has 3 rings (SSSR count). The Labute approximate surface area is 161 Å². The van der Waals surface area contributed by atoms with Crippen LogP contribution in [0.5, 0.6) is 0 Å². The van der Waals surface area contributed by atoms with Crippen LogP contribution in [0, 0.1) is 0 Å². The molecule has 0 saturated heterocycles. The van der Waals surface area contributed by atoms with E-state index in [9.17, 15) is 9.59 Å². The second-order valence-corrected chi connectivity index (χ2v) is 6.83. The third kappa shape index (κ3) is 4.74. The van der Waals surface area contributed by atoms with Gasteiger partial charge in [0.1, 0.15) is 0 Å². The minimum Gasteiger partial charge on any atom is -0.339 e. The summed E-state index contributed by atoms with van der Waals surface area (Å²) in [5, 5.41) is 2.93. The molecule has 2 aromatic carbocycles. The maximum Gasteiger partial charge on any atom is 0.253 e. The fourth-order valence-corrected chi connectivity index (χ4v) is 3.48. The molecule has 1 heterocycles. The molecule has 0 unspecified atom stereocenters. The fourth-order valence-electron chi connectivity index (χ4n) is 3.48. The van der Waals surface area contributed by atoms with Crippen LogP contribution in [0.25, 0.3) is 0 Å². The molecule has 0 atom stereocenters. The molecule has 1 aliphatic rings. The Kier molecular flexibility index (Phi) is 6.24. The predicted octanol–water partition coefficient (Wildman–Crippen LogP) is 3.17. The maximum absolute atomic E-state index is 12.4. The Bertz CT molecular complexity index is 797. The van der Waals surface area contributed by atoms with E-state index in [1.54, 1.807) is 29.2 Å². The summed E-state index contributed by atoms with van der Waals surface area (Å²) in [5.41, 5.74) is 4.04. The standard InChI is InChI=1S/C22H27N3O2/c1-3-25(4-2)22(27)18-9-11-20(12-10-18)23-21(26)16-24-14-13-17-7-5-6-8-19(17)15-24/h5-12H,3-4,13-16H2,1-2H3,(H,23,26). The van der Waals surface area contributed by atoms with Gasteiger partial charge in [0.15, 0.2) is 0 Å². The summed E-state index contributed by atoms with van der Waals surface area (Å²) in [6.07, 6.45) is 0.978. The van der Waals surface area contributed by atoms with Crippen molar-refractivity contribution in [3.8, 4) is 0 Å².